The van der Waals surface area contributed by atoms with Gasteiger partial charge in [-0.05, 0) is 44.0 Å². The molecule has 7 heteroatoms. The summed E-state index contributed by atoms with van der Waals surface area (Å²) < 4.78 is 1.72. The van der Waals surface area contributed by atoms with Crippen LogP contribution in [0.3, 0.4) is 0 Å². The van der Waals surface area contributed by atoms with Crippen molar-refractivity contribution in [3.8, 4) is 17.1 Å². The molecule has 0 aliphatic heterocycles. The summed E-state index contributed by atoms with van der Waals surface area (Å²) in [6.07, 6.45) is 1.68. The Balaban J connectivity index is 2.09. The molecule has 0 amide bonds. The van der Waals surface area contributed by atoms with Gasteiger partial charge in [-0.1, -0.05) is 29.8 Å². The van der Waals surface area contributed by atoms with Crippen molar-refractivity contribution in [2.45, 2.75) is 33.7 Å². The molecule has 0 fully saturated rings. The standard InChI is InChI=1S/C15H17ClN6/c1-9(2)22-19-15(18-20-22)12-8-17-21(14(12)16)13-10(3)6-5-7-11(13)4/h5-9H,1-4H3. The Bertz CT molecular complexity index is 797. The van der Waals surface area contributed by atoms with Crippen molar-refractivity contribution in [1.29, 1.82) is 0 Å². The van der Waals surface area contributed by atoms with Crippen molar-refractivity contribution in [3.05, 3.63) is 40.7 Å². The van der Waals surface area contributed by atoms with Crippen LogP contribution in [0.4, 0.5) is 0 Å². The third-order valence-corrected chi connectivity index (χ3v) is 3.86. The van der Waals surface area contributed by atoms with Crippen LogP contribution in [0, 0.1) is 13.8 Å². The molecule has 22 heavy (non-hydrogen) atoms. The van der Waals surface area contributed by atoms with Crippen LogP contribution in [0.5, 0.6) is 0 Å². The third-order valence-electron chi connectivity index (χ3n) is 3.49. The zero-order chi connectivity index (χ0) is 15.9. The maximum atomic E-state index is 6.51. The van der Waals surface area contributed by atoms with Crippen LogP contribution in [0.25, 0.3) is 17.1 Å². The SMILES string of the molecule is Cc1cccc(C)c1-n1ncc(-c2nnn(C(C)C)n2)c1Cl. The van der Waals surface area contributed by atoms with E-state index in [4.69, 9.17) is 11.6 Å². The quantitative estimate of drug-likeness (QED) is 0.743. The Morgan fingerprint density at radius 2 is 1.82 bits per heavy atom. The van der Waals surface area contributed by atoms with Gasteiger partial charge in [-0.25, -0.2) is 4.68 Å². The first-order valence-corrected chi connectivity index (χ1v) is 7.47. The van der Waals surface area contributed by atoms with Crippen molar-refractivity contribution in [2.24, 2.45) is 0 Å². The average molecular weight is 317 g/mol. The van der Waals surface area contributed by atoms with Crippen LogP contribution in [-0.2, 0) is 0 Å². The molecule has 0 unspecified atom stereocenters. The summed E-state index contributed by atoms with van der Waals surface area (Å²) in [6.45, 7) is 8.06. The van der Waals surface area contributed by atoms with E-state index >= 15 is 0 Å². The first-order chi connectivity index (χ1) is 10.5. The van der Waals surface area contributed by atoms with Gasteiger partial charge in [0.2, 0.25) is 5.82 Å². The van der Waals surface area contributed by atoms with E-state index in [1.165, 1.54) is 0 Å². The number of aromatic nitrogens is 6. The molecule has 0 atom stereocenters. The summed E-state index contributed by atoms with van der Waals surface area (Å²) in [7, 11) is 0. The molecule has 0 N–H and O–H groups in total. The van der Waals surface area contributed by atoms with E-state index in [0.29, 0.717) is 16.5 Å². The fourth-order valence-corrected chi connectivity index (χ4v) is 2.59. The van der Waals surface area contributed by atoms with Crippen LogP contribution >= 0.6 is 11.6 Å². The maximum Gasteiger partial charge on any atom is 0.209 e. The van der Waals surface area contributed by atoms with Crippen LogP contribution in [-0.4, -0.2) is 30.0 Å². The Morgan fingerprint density at radius 1 is 1.14 bits per heavy atom. The van der Waals surface area contributed by atoms with Crippen LogP contribution in [0.15, 0.2) is 24.4 Å². The highest BCUT2D eigenvalue weighted by Crippen LogP contribution is 2.29. The molecular formula is C15H17ClN6. The molecule has 0 aliphatic carbocycles. The van der Waals surface area contributed by atoms with E-state index in [1.54, 1.807) is 15.7 Å². The average Bonchev–Trinajstić information content (AvgIpc) is 3.06. The van der Waals surface area contributed by atoms with Gasteiger partial charge >= 0.3 is 0 Å². The highest BCUT2D eigenvalue weighted by atomic mass is 35.5. The number of rotatable bonds is 3. The zero-order valence-corrected chi connectivity index (χ0v) is 13.7. The van der Waals surface area contributed by atoms with Crippen molar-refractivity contribution in [1.82, 2.24) is 30.0 Å². The summed E-state index contributed by atoms with van der Waals surface area (Å²) in [4.78, 5) is 1.56. The maximum absolute atomic E-state index is 6.51. The van der Waals surface area contributed by atoms with Gasteiger partial charge in [0.1, 0.15) is 5.15 Å². The summed E-state index contributed by atoms with van der Waals surface area (Å²) in [5.41, 5.74) is 3.87. The van der Waals surface area contributed by atoms with Gasteiger partial charge in [0.15, 0.2) is 0 Å². The zero-order valence-electron chi connectivity index (χ0n) is 12.9. The Kier molecular flexibility index (Phi) is 3.70. The number of hydrogen-bond acceptors (Lipinski definition) is 4. The lowest BCUT2D eigenvalue weighted by atomic mass is 10.1. The molecule has 2 aromatic heterocycles. The molecule has 2 heterocycles. The molecule has 3 aromatic rings. The molecule has 114 valence electrons. The Morgan fingerprint density at radius 3 is 2.41 bits per heavy atom. The minimum Gasteiger partial charge on any atom is -0.221 e. The Hall–Kier alpha value is -2.21. The lowest BCUT2D eigenvalue weighted by Crippen LogP contribution is -2.04. The molecule has 0 aliphatic rings. The third kappa shape index (κ3) is 2.39. The number of hydrogen-bond donors (Lipinski definition) is 0. The van der Waals surface area contributed by atoms with Crippen LogP contribution in [0.2, 0.25) is 5.15 Å². The van der Waals surface area contributed by atoms with Crippen LogP contribution in [0.1, 0.15) is 31.0 Å². The highest BCUT2D eigenvalue weighted by Gasteiger charge is 2.18. The van der Waals surface area contributed by atoms with E-state index in [-0.39, 0.29) is 6.04 Å². The second-order valence-electron chi connectivity index (χ2n) is 5.53. The minimum absolute atomic E-state index is 0.147. The van der Waals surface area contributed by atoms with Gasteiger partial charge in [0, 0.05) is 0 Å². The highest BCUT2D eigenvalue weighted by molar-refractivity contribution is 6.32. The monoisotopic (exact) mass is 316 g/mol. The minimum atomic E-state index is 0.147. The number of nitrogens with zero attached hydrogens (tertiary/aromatic N) is 6. The van der Waals surface area contributed by atoms with Gasteiger partial charge in [0.05, 0.1) is 23.5 Å². The molecule has 0 bridgehead atoms. The predicted octanol–water partition coefficient (Wildman–Crippen LogP) is 3.38. The smallest absolute Gasteiger partial charge is 0.209 e. The lowest BCUT2D eigenvalue weighted by molar-refractivity contribution is 0.455. The number of tetrazole rings is 1. The molecule has 0 saturated heterocycles. The summed E-state index contributed by atoms with van der Waals surface area (Å²) in [5.74, 6) is 0.483. The second kappa shape index (κ2) is 5.53. The number of para-hydroxylation sites is 1. The Labute approximate surface area is 133 Å². The van der Waals surface area contributed by atoms with Gasteiger partial charge in [-0.2, -0.15) is 9.90 Å². The second-order valence-corrected chi connectivity index (χ2v) is 5.89. The van der Waals surface area contributed by atoms with Crippen molar-refractivity contribution < 1.29 is 0 Å². The van der Waals surface area contributed by atoms with Crippen molar-refractivity contribution in [3.63, 3.8) is 0 Å². The molecule has 1 aromatic carbocycles. The van der Waals surface area contributed by atoms with E-state index in [0.717, 1.165) is 16.8 Å². The van der Waals surface area contributed by atoms with Crippen molar-refractivity contribution in [2.75, 3.05) is 0 Å². The molecule has 0 radical (unpaired) electrons. The molecular weight excluding hydrogens is 300 g/mol. The predicted molar refractivity (Wildman–Crippen MR) is 85.2 cm³/mol. The number of aryl methyl sites for hydroxylation is 2. The molecule has 0 saturated carbocycles. The summed E-state index contributed by atoms with van der Waals surface area (Å²) >= 11 is 6.51. The largest absolute Gasteiger partial charge is 0.221 e. The van der Waals surface area contributed by atoms with Gasteiger partial charge in [-0.3, -0.25) is 0 Å². The fourth-order valence-electron chi connectivity index (χ4n) is 2.33. The molecule has 3 rings (SSSR count). The molecule has 0 spiro atoms. The summed E-state index contributed by atoms with van der Waals surface area (Å²) in [6, 6.07) is 6.23. The summed E-state index contributed by atoms with van der Waals surface area (Å²) in [5, 5.41) is 17.3. The fraction of sp³-hybridized carbons (Fsp3) is 0.333. The van der Waals surface area contributed by atoms with Gasteiger partial charge < -0.3 is 0 Å². The lowest BCUT2D eigenvalue weighted by Gasteiger charge is -2.10. The van der Waals surface area contributed by atoms with Crippen LogP contribution < -0.4 is 0 Å². The first-order valence-electron chi connectivity index (χ1n) is 7.09. The van der Waals surface area contributed by atoms with Gasteiger partial charge in [-0.15, -0.1) is 10.2 Å². The molecule has 6 nitrogen and oxygen atoms in total. The normalized spacial score (nSPS) is 11.4. The number of benzene rings is 1. The van der Waals surface area contributed by atoms with E-state index in [1.807, 2.05) is 45.9 Å². The topological polar surface area (TPSA) is 61.4 Å². The van der Waals surface area contributed by atoms with E-state index in [2.05, 4.69) is 20.5 Å². The van der Waals surface area contributed by atoms with Crippen molar-refractivity contribution >= 4 is 11.6 Å². The number of halogens is 1. The van der Waals surface area contributed by atoms with E-state index < -0.39 is 0 Å². The van der Waals surface area contributed by atoms with Gasteiger partial charge in [0.25, 0.3) is 0 Å². The van der Waals surface area contributed by atoms with E-state index in [9.17, 15) is 0 Å². The first kappa shape index (κ1) is 14.7.